The summed E-state index contributed by atoms with van der Waals surface area (Å²) in [5.74, 6) is 2.56. The summed E-state index contributed by atoms with van der Waals surface area (Å²) in [6.07, 6.45) is 1.000. The molecule has 2 aromatic carbocycles. The first kappa shape index (κ1) is 25.6. The molecule has 32 heavy (non-hydrogen) atoms. The smallest absolute Gasteiger partial charge is 0.191 e. The summed E-state index contributed by atoms with van der Waals surface area (Å²) in [4.78, 5) is 7.05. The molecule has 0 atom stereocenters. The molecule has 0 aliphatic rings. The van der Waals surface area contributed by atoms with Gasteiger partial charge in [-0.25, -0.2) is 4.99 Å². The van der Waals surface area contributed by atoms with Crippen molar-refractivity contribution in [3.63, 3.8) is 0 Å². The zero-order chi connectivity index (χ0) is 22.1. The maximum atomic E-state index is 4.78. The Morgan fingerprint density at radius 1 is 1.03 bits per heavy atom. The lowest BCUT2D eigenvalue weighted by atomic mass is 10.1. The van der Waals surface area contributed by atoms with E-state index >= 15 is 0 Å². The van der Waals surface area contributed by atoms with Gasteiger partial charge in [-0.1, -0.05) is 48.0 Å². The van der Waals surface area contributed by atoms with Crippen LogP contribution < -0.4 is 15.5 Å². The number of benzene rings is 2. The number of guanidine groups is 1. The molecule has 172 valence electrons. The molecule has 0 aliphatic heterocycles. The Morgan fingerprint density at radius 2 is 1.81 bits per heavy atom. The molecule has 1 heterocycles. The molecule has 0 spiro atoms. The highest BCUT2D eigenvalue weighted by Crippen LogP contribution is 2.10. The fourth-order valence-electron chi connectivity index (χ4n) is 3.26. The average Bonchev–Trinajstić information content (AvgIpc) is 3.10. The predicted octanol–water partition coefficient (Wildman–Crippen LogP) is 3.81. The molecule has 3 aromatic rings. The molecule has 3 rings (SSSR count). The van der Waals surface area contributed by atoms with Crippen molar-refractivity contribution in [3.05, 3.63) is 77.4 Å². The molecule has 0 saturated heterocycles. The van der Waals surface area contributed by atoms with E-state index in [9.17, 15) is 0 Å². The van der Waals surface area contributed by atoms with Crippen LogP contribution in [0.2, 0.25) is 0 Å². The van der Waals surface area contributed by atoms with E-state index in [-0.39, 0.29) is 24.0 Å². The first-order chi connectivity index (χ1) is 15.0. The molecule has 0 fully saturated rings. The van der Waals surface area contributed by atoms with Crippen molar-refractivity contribution in [3.8, 4) is 0 Å². The van der Waals surface area contributed by atoms with Crippen molar-refractivity contribution in [2.75, 3.05) is 25.0 Å². The molecular weight excluding hydrogens is 513 g/mol. The number of halogens is 1. The molecule has 7 nitrogen and oxygen atoms in total. The van der Waals surface area contributed by atoms with Crippen LogP contribution in [0.5, 0.6) is 0 Å². The van der Waals surface area contributed by atoms with E-state index < -0.39 is 0 Å². The summed E-state index contributed by atoms with van der Waals surface area (Å²) < 4.78 is 1.99. The van der Waals surface area contributed by atoms with Gasteiger partial charge in [-0.2, -0.15) is 0 Å². The van der Waals surface area contributed by atoms with Gasteiger partial charge in [0.25, 0.3) is 0 Å². The summed E-state index contributed by atoms with van der Waals surface area (Å²) in [7, 11) is 4.10. The number of anilines is 1. The van der Waals surface area contributed by atoms with Crippen LogP contribution in [-0.4, -0.2) is 40.9 Å². The number of nitrogens with zero attached hydrogens (tertiary/aromatic N) is 5. The molecule has 1 aromatic heterocycles. The van der Waals surface area contributed by atoms with Gasteiger partial charge in [0.15, 0.2) is 11.8 Å². The van der Waals surface area contributed by atoms with Crippen LogP contribution in [0.15, 0.2) is 59.6 Å². The first-order valence-electron chi connectivity index (χ1n) is 10.7. The van der Waals surface area contributed by atoms with Crippen molar-refractivity contribution < 1.29 is 0 Å². The number of hydrogen-bond donors (Lipinski definition) is 2. The quantitative estimate of drug-likeness (QED) is 0.185. The molecule has 0 aliphatic carbocycles. The minimum absolute atomic E-state index is 0. The second-order valence-corrected chi connectivity index (χ2v) is 7.77. The third kappa shape index (κ3) is 7.81. The molecule has 0 saturated carbocycles. The van der Waals surface area contributed by atoms with Crippen LogP contribution in [0.3, 0.4) is 0 Å². The third-order valence-corrected chi connectivity index (χ3v) is 5.26. The summed E-state index contributed by atoms with van der Waals surface area (Å²) in [6.45, 7) is 7.04. The minimum Gasteiger partial charge on any atom is -0.375 e. The van der Waals surface area contributed by atoms with Crippen molar-refractivity contribution in [2.24, 2.45) is 12.0 Å². The standard InChI is InChI=1S/C24H33N7.HI/c1-19-10-8-11-21(16-19)17-26-24(27-18-23-29-28-20(2)31(23)4)25-14-9-15-30(3)22-12-6-5-7-13-22;/h5-8,10-13,16H,9,14-15,17-18H2,1-4H3,(H2,25,26,27);1H. The third-order valence-electron chi connectivity index (χ3n) is 5.26. The zero-order valence-corrected chi connectivity index (χ0v) is 21.7. The summed E-state index contributed by atoms with van der Waals surface area (Å²) in [5.41, 5.74) is 3.67. The SMILES string of the molecule is Cc1cccc(CN=C(NCCCN(C)c2ccccc2)NCc2nnc(C)n2C)c1.I. The van der Waals surface area contributed by atoms with Crippen LogP contribution in [0, 0.1) is 13.8 Å². The second-order valence-electron chi connectivity index (χ2n) is 7.77. The monoisotopic (exact) mass is 547 g/mol. The Balaban J connectivity index is 0.00000363. The predicted molar refractivity (Wildman–Crippen MR) is 143 cm³/mol. The Morgan fingerprint density at radius 3 is 2.50 bits per heavy atom. The van der Waals surface area contributed by atoms with Crippen LogP contribution in [-0.2, 0) is 20.1 Å². The number of para-hydroxylation sites is 1. The van der Waals surface area contributed by atoms with Crippen LogP contribution in [0.25, 0.3) is 0 Å². The van der Waals surface area contributed by atoms with Gasteiger partial charge in [-0.3, -0.25) is 0 Å². The van der Waals surface area contributed by atoms with E-state index in [4.69, 9.17) is 4.99 Å². The fraction of sp³-hybridized carbons (Fsp3) is 0.375. The fourth-order valence-corrected chi connectivity index (χ4v) is 3.26. The van der Waals surface area contributed by atoms with Gasteiger partial charge in [0.1, 0.15) is 5.82 Å². The van der Waals surface area contributed by atoms with E-state index in [1.807, 2.05) is 24.6 Å². The molecule has 0 unspecified atom stereocenters. The maximum absolute atomic E-state index is 4.78. The number of nitrogens with one attached hydrogen (secondary N) is 2. The van der Waals surface area contributed by atoms with Crippen molar-refractivity contribution in [2.45, 2.75) is 33.4 Å². The van der Waals surface area contributed by atoms with E-state index in [0.717, 1.165) is 37.1 Å². The van der Waals surface area contributed by atoms with Gasteiger partial charge in [0, 0.05) is 32.9 Å². The van der Waals surface area contributed by atoms with Crippen molar-refractivity contribution >= 4 is 35.6 Å². The Bertz CT molecular complexity index is 985. The number of aromatic nitrogens is 3. The highest BCUT2D eigenvalue weighted by Gasteiger charge is 2.07. The Hall–Kier alpha value is -2.62. The average molecular weight is 547 g/mol. The number of rotatable bonds is 9. The van der Waals surface area contributed by atoms with Gasteiger partial charge in [-0.15, -0.1) is 34.2 Å². The van der Waals surface area contributed by atoms with Crippen LogP contribution in [0.4, 0.5) is 5.69 Å². The minimum atomic E-state index is 0. The van der Waals surface area contributed by atoms with Crippen LogP contribution >= 0.6 is 24.0 Å². The molecule has 2 N–H and O–H groups in total. The van der Waals surface area contributed by atoms with Crippen molar-refractivity contribution in [1.29, 1.82) is 0 Å². The molecular formula is C24H34IN7. The second kappa shape index (κ2) is 13.0. The lowest BCUT2D eigenvalue weighted by molar-refractivity contribution is 0.697. The van der Waals surface area contributed by atoms with E-state index in [1.54, 1.807) is 0 Å². The molecule has 0 bridgehead atoms. The maximum Gasteiger partial charge on any atom is 0.191 e. The van der Waals surface area contributed by atoms with E-state index in [2.05, 4.69) is 88.2 Å². The zero-order valence-electron chi connectivity index (χ0n) is 19.4. The largest absolute Gasteiger partial charge is 0.375 e. The topological polar surface area (TPSA) is 70.4 Å². The van der Waals surface area contributed by atoms with Gasteiger partial charge in [-0.05, 0) is 38.0 Å². The molecule has 0 radical (unpaired) electrons. The van der Waals surface area contributed by atoms with Crippen LogP contribution in [0.1, 0.15) is 29.2 Å². The van der Waals surface area contributed by atoms with E-state index in [1.165, 1.54) is 16.8 Å². The summed E-state index contributed by atoms with van der Waals surface area (Å²) in [5, 5.41) is 15.2. The van der Waals surface area contributed by atoms with Gasteiger partial charge in [0.05, 0.1) is 13.1 Å². The highest BCUT2D eigenvalue weighted by atomic mass is 127. The lowest BCUT2D eigenvalue weighted by Gasteiger charge is -2.19. The van der Waals surface area contributed by atoms with Gasteiger partial charge < -0.3 is 20.1 Å². The Kier molecular flexibility index (Phi) is 10.5. The van der Waals surface area contributed by atoms with E-state index in [0.29, 0.717) is 13.1 Å². The lowest BCUT2D eigenvalue weighted by Crippen LogP contribution is -2.39. The molecule has 0 amide bonds. The Labute approximate surface area is 208 Å². The normalized spacial score (nSPS) is 11.1. The number of aliphatic imine (C=N–C) groups is 1. The van der Waals surface area contributed by atoms with Gasteiger partial charge in [0.2, 0.25) is 0 Å². The highest BCUT2D eigenvalue weighted by molar-refractivity contribution is 14.0. The number of hydrogen-bond acceptors (Lipinski definition) is 4. The van der Waals surface area contributed by atoms with Gasteiger partial charge >= 0.3 is 0 Å². The summed E-state index contributed by atoms with van der Waals surface area (Å²) >= 11 is 0. The molecule has 8 heteroatoms. The first-order valence-corrected chi connectivity index (χ1v) is 10.7. The summed E-state index contributed by atoms with van der Waals surface area (Å²) in [6, 6.07) is 18.9. The van der Waals surface area contributed by atoms with Crippen molar-refractivity contribution in [1.82, 2.24) is 25.4 Å². The number of aryl methyl sites for hydroxylation is 2.